The zero-order valence-corrected chi connectivity index (χ0v) is 10.8. The summed E-state index contributed by atoms with van der Waals surface area (Å²) < 4.78 is 5.97. The van der Waals surface area contributed by atoms with E-state index in [1.165, 1.54) is 0 Å². The summed E-state index contributed by atoms with van der Waals surface area (Å²) in [6.07, 6.45) is 0. The molecule has 0 aliphatic carbocycles. The van der Waals surface area contributed by atoms with Gasteiger partial charge < -0.3 is 4.74 Å². The third-order valence-corrected chi connectivity index (χ3v) is 3.20. The molecule has 2 rings (SSSR count). The summed E-state index contributed by atoms with van der Waals surface area (Å²) >= 11 is 9.10. The largest absolute Gasteiger partial charge is 0.496 e. The Morgan fingerprint density at radius 1 is 1.25 bits per heavy atom. The second kappa shape index (κ2) is 4.80. The van der Waals surface area contributed by atoms with E-state index >= 15 is 0 Å². The van der Waals surface area contributed by atoms with Crippen molar-refractivity contribution in [1.82, 2.24) is 10.2 Å². The first kappa shape index (κ1) is 11.4. The van der Waals surface area contributed by atoms with Gasteiger partial charge in [-0.2, -0.15) is 0 Å². The van der Waals surface area contributed by atoms with E-state index in [-0.39, 0.29) is 0 Å². The number of para-hydroxylation sites is 1. The summed E-state index contributed by atoms with van der Waals surface area (Å²) in [5.74, 6) is 0.756. The third-order valence-electron chi connectivity index (χ3n) is 2.09. The van der Waals surface area contributed by atoms with Crippen LogP contribution in [0.3, 0.4) is 0 Å². The van der Waals surface area contributed by atoms with E-state index in [2.05, 4.69) is 26.1 Å². The maximum absolute atomic E-state index is 5.79. The number of hydrogen-bond acceptors (Lipinski definition) is 3. The van der Waals surface area contributed by atoms with Crippen LogP contribution >= 0.6 is 27.5 Å². The van der Waals surface area contributed by atoms with Gasteiger partial charge in [0, 0.05) is 5.56 Å². The average Bonchev–Trinajstić information content (AvgIpc) is 2.32. The Kier molecular flexibility index (Phi) is 3.41. The van der Waals surface area contributed by atoms with Crippen LogP contribution in [0.15, 0.2) is 34.8 Å². The van der Waals surface area contributed by atoms with Crippen molar-refractivity contribution in [3.05, 3.63) is 40.0 Å². The van der Waals surface area contributed by atoms with Crippen molar-refractivity contribution in [2.45, 2.75) is 0 Å². The third kappa shape index (κ3) is 2.18. The van der Waals surface area contributed by atoms with Crippen LogP contribution in [0, 0.1) is 0 Å². The van der Waals surface area contributed by atoms with Crippen molar-refractivity contribution in [3.8, 4) is 17.0 Å². The van der Waals surface area contributed by atoms with Crippen LogP contribution in [0.2, 0.25) is 5.15 Å². The summed E-state index contributed by atoms with van der Waals surface area (Å²) in [4.78, 5) is 0. The second-order valence-electron chi connectivity index (χ2n) is 3.07. The van der Waals surface area contributed by atoms with Gasteiger partial charge in [0.2, 0.25) is 0 Å². The second-order valence-corrected chi connectivity index (χ2v) is 4.28. The topological polar surface area (TPSA) is 35.0 Å². The number of halogens is 2. The SMILES string of the molecule is COc1ccccc1-c1cc(Br)c(Cl)nn1. The Morgan fingerprint density at radius 2 is 2.00 bits per heavy atom. The molecule has 0 fully saturated rings. The molecule has 5 heteroatoms. The lowest BCUT2D eigenvalue weighted by molar-refractivity contribution is 0.416. The lowest BCUT2D eigenvalue weighted by atomic mass is 10.1. The van der Waals surface area contributed by atoms with Crippen LogP contribution in [-0.2, 0) is 0 Å². The van der Waals surface area contributed by atoms with Gasteiger partial charge in [0.05, 0.1) is 17.3 Å². The minimum atomic E-state index is 0.346. The van der Waals surface area contributed by atoms with E-state index in [1.807, 2.05) is 30.3 Å². The molecular formula is C11H8BrClN2O. The number of rotatable bonds is 2. The Hall–Kier alpha value is -1.13. The van der Waals surface area contributed by atoms with Crippen molar-refractivity contribution >= 4 is 27.5 Å². The number of methoxy groups -OCH3 is 1. The van der Waals surface area contributed by atoms with Gasteiger partial charge in [0.1, 0.15) is 5.75 Å². The first-order valence-corrected chi connectivity index (χ1v) is 5.71. The van der Waals surface area contributed by atoms with Crippen molar-refractivity contribution in [2.75, 3.05) is 7.11 Å². The van der Waals surface area contributed by atoms with Gasteiger partial charge in [-0.3, -0.25) is 0 Å². The summed E-state index contributed by atoms with van der Waals surface area (Å²) in [6.45, 7) is 0. The molecule has 1 aromatic heterocycles. The molecular weight excluding hydrogens is 291 g/mol. The number of hydrogen-bond donors (Lipinski definition) is 0. The number of nitrogens with zero attached hydrogens (tertiary/aromatic N) is 2. The van der Waals surface area contributed by atoms with Crippen molar-refractivity contribution in [1.29, 1.82) is 0 Å². The molecule has 3 nitrogen and oxygen atoms in total. The summed E-state index contributed by atoms with van der Waals surface area (Å²) in [5.41, 5.74) is 1.60. The van der Waals surface area contributed by atoms with E-state index in [1.54, 1.807) is 7.11 Å². The van der Waals surface area contributed by atoms with E-state index in [4.69, 9.17) is 16.3 Å². The number of benzene rings is 1. The maximum atomic E-state index is 5.79. The Bertz CT molecular complexity index is 519. The molecule has 16 heavy (non-hydrogen) atoms. The molecule has 0 atom stereocenters. The standard InChI is InChI=1S/C11H8BrClN2O/c1-16-10-5-3-2-4-7(10)9-6-8(12)11(13)15-14-9/h2-6H,1H3. The molecule has 0 saturated carbocycles. The normalized spacial score (nSPS) is 10.2. The van der Waals surface area contributed by atoms with Crippen LogP contribution in [0.4, 0.5) is 0 Å². The Morgan fingerprint density at radius 3 is 2.69 bits per heavy atom. The number of ether oxygens (including phenoxy) is 1. The molecule has 2 aromatic rings. The zero-order chi connectivity index (χ0) is 11.5. The molecule has 0 saturated heterocycles. The van der Waals surface area contributed by atoms with E-state index < -0.39 is 0 Å². The minimum absolute atomic E-state index is 0.346. The van der Waals surface area contributed by atoms with Crippen molar-refractivity contribution in [2.24, 2.45) is 0 Å². The molecule has 0 amide bonds. The fourth-order valence-corrected chi connectivity index (χ4v) is 1.73. The van der Waals surface area contributed by atoms with Crippen molar-refractivity contribution in [3.63, 3.8) is 0 Å². The molecule has 0 unspecified atom stereocenters. The highest BCUT2D eigenvalue weighted by Gasteiger charge is 2.08. The van der Waals surface area contributed by atoms with Gasteiger partial charge in [-0.05, 0) is 34.1 Å². The Balaban J connectivity index is 2.54. The minimum Gasteiger partial charge on any atom is -0.496 e. The van der Waals surface area contributed by atoms with Crippen LogP contribution in [0.1, 0.15) is 0 Å². The van der Waals surface area contributed by atoms with Gasteiger partial charge in [0.25, 0.3) is 0 Å². The van der Waals surface area contributed by atoms with Crippen LogP contribution in [0.25, 0.3) is 11.3 Å². The highest BCUT2D eigenvalue weighted by molar-refractivity contribution is 9.10. The predicted octanol–water partition coefficient (Wildman–Crippen LogP) is 3.57. The predicted molar refractivity (Wildman–Crippen MR) is 66.7 cm³/mol. The smallest absolute Gasteiger partial charge is 0.165 e. The fourth-order valence-electron chi connectivity index (χ4n) is 1.34. The molecule has 0 N–H and O–H groups in total. The van der Waals surface area contributed by atoms with Gasteiger partial charge in [-0.1, -0.05) is 23.7 Å². The summed E-state index contributed by atoms with van der Waals surface area (Å²) in [7, 11) is 1.62. The van der Waals surface area contributed by atoms with Gasteiger partial charge in [0.15, 0.2) is 5.15 Å². The van der Waals surface area contributed by atoms with Gasteiger partial charge in [-0.15, -0.1) is 10.2 Å². The van der Waals surface area contributed by atoms with E-state index in [0.29, 0.717) is 15.3 Å². The highest BCUT2D eigenvalue weighted by Crippen LogP contribution is 2.30. The molecule has 0 aliphatic heterocycles. The fraction of sp³-hybridized carbons (Fsp3) is 0.0909. The first-order valence-electron chi connectivity index (χ1n) is 4.54. The van der Waals surface area contributed by atoms with Gasteiger partial charge in [-0.25, -0.2) is 0 Å². The monoisotopic (exact) mass is 298 g/mol. The van der Waals surface area contributed by atoms with Crippen molar-refractivity contribution < 1.29 is 4.74 Å². The first-order chi connectivity index (χ1) is 7.72. The lowest BCUT2D eigenvalue weighted by Gasteiger charge is -2.07. The highest BCUT2D eigenvalue weighted by atomic mass is 79.9. The van der Waals surface area contributed by atoms with Crippen LogP contribution in [-0.4, -0.2) is 17.3 Å². The molecule has 0 radical (unpaired) electrons. The molecule has 82 valence electrons. The summed E-state index contributed by atoms with van der Waals surface area (Å²) in [5, 5.41) is 8.22. The summed E-state index contributed by atoms with van der Waals surface area (Å²) in [6, 6.07) is 9.43. The van der Waals surface area contributed by atoms with E-state index in [0.717, 1.165) is 11.3 Å². The molecule has 0 spiro atoms. The molecule has 0 bridgehead atoms. The van der Waals surface area contributed by atoms with Gasteiger partial charge >= 0.3 is 0 Å². The number of aromatic nitrogens is 2. The quantitative estimate of drug-likeness (QED) is 0.850. The Labute approximate surface area is 107 Å². The average molecular weight is 300 g/mol. The molecule has 0 aliphatic rings. The molecule has 1 heterocycles. The van der Waals surface area contributed by atoms with E-state index in [9.17, 15) is 0 Å². The van der Waals surface area contributed by atoms with Crippen LogP contribution < -0.4 is 4.74 Å². The maximum Gasteiger partial charge on any atom is 0.165 e. The zero-order valence-electron chi connectivity index (χ0n) is 8.45. The molecule has 1 aromatic carbocycles. The van der Waals surface area contributed by atoms with Crippen LogP contribution in [0.5, 0.6) is 5.75 Å². The lowest BCUT2D eigenvalue weighted by Crippen LogP contribution is -1.92.